The number of carbonyl (C=O) groups excluding carboxylic acids is 1. The van der Waals surface area contributed by atoms with E-state index in [1.165, 1.54) is 4.88 Å². The van der Waals surface area contributed by atoms with Crippen LogP contribution in [0.15, 0.2) is 30.3 Å². The third-order valence-corrected chi connectivity index (χ3v) is 7.45. The first kappa shape index (κ1) is 21.5. The Morgan fingerprint density at radius 3 is 2.76 bits per heavy atom. The van der Waals surface area contributed by atoms with Crippen LogP contribution in [0.25, 0.3) is 27.2 Å². The summed E-state index contributed by atoms with van der Waals surface area (Å²) < 4.78 is 8.78. The van der Waals surface area contributed by atoms with Crippen molar-refractivity contribution in [3.63, 3.8) is 0 Å². The van der Waals surface area contributed by atoms with Gasteiger partial charge in [0.2, 0.25) is 11.9 Å². The number of aryl methyl sites for hydroxylation is 1. The van der Waals surface area contributed by atoms with E-state index >= 15 is 0 Å². The Bertz CT molecular complexity index is 1360. The number of para-hydroxylation sites is 2. The fourth-order valence-electron chi connectivity index (χ4n) is 4.70. The minimum Gasteiger partial charge on any atom is -0.378 e. The quantitative estimate of drug-likeness (QED) is 0.472. The van der Waals surface area contributed by atoms with Gasteiger partial charge in [-0.25, -0.2) is 9.97 Å². The molecule has 2 saturated heterocycles. The molecule has 0 radical (unpaired) electrons. The van der Waals surface area contributed by atoms with Gasteiger partial charge in [-0.1, -0.05) is 19.1 Å². The van der Waals surface area contributed by atoms with Crippen LogP contribution in [0.5, 0.6) is 0 Å². The number of benzene rings is 1. The number of morpholine rings is 1. The van der Waals surface area contributed by atoms with E-state index in [1.54, 1.807) is 11.3 Å². The lowest BCUT2D eigenvalue weighted by Gasteiger charge is -2.28. The molecule has 2 aliphatic rings. The van der Waals surface area contributed by atoms with Crippen LogP contribution in [0.4, 0.5) is 5.82 Å². The fraction of sp³-hybridized carbons (Fsp3) is 0.417. The minimum atomic E-state index is 0.0857. The highest BCUT2D eigenvalue weighted by Gasteiger charge is 2.23. The molecule has 1 aromatic carbocycles. The van der Waals surface area contributed by atoms with Gasteiger partial charge in [0.25, 0.3) is 0 Å². The van der Waals surface area contributed by atoms with E-state index in [2.05, 4.69) is 38.7 Å². The van der Waals surface area contributed by atoms with E-state index in [-0.39, 0.29) is 5.91 Å². The third-order valence-electron chi connectivity index (χ3n) is 6.35. The van der Waals surface area contributed by atoms with Crippen LogP contribution in [-0.2, 0) is 22.5 Å². The van der Waals surface area contributed by atoms with Crippen LogP contribution in [0.1, 0.15) is 17.6 Å². The maximum Gasteiger partial charge on any atom is 0.238 e. The van der Waals surface area contributed by atoms with Crippen LogP contribution >= 0.6 is 11.3 Å². The minimum absolute atomic E-state index is 0.0857. The van der Waals surface area contributed by atoms with Gasteiger partial charge in [0.05, 0.1) is 41.0 Å². The monoisotopic (exact) mass is 477 g/mol. The molecule has 2 fully saturated rings. The predicted octanol–water partition coefficient (Wildman–Crippen LogP) is 2.36. The van der Waals surface area contributed by atoms with Crippen molar-refractivity contribution in [2.45, 2.75) is 19.9 Å². The van der Waals surface area contributed by atoms with E-state index in [0.29, 0.717) is 32.3 Å². The average molecular weight is 478 g/mol. The highest BCUT2D eigenvalue weighted by molar-refractivity contribution is 7.19. The summed E-state index contributed by atoms with van der Waals surface area (Å²) in [5.41, 5.74) is 2.90. The molecule has 2 aliphatic heterocycles. The van der Waals surface area contributed by atoms with Crippen molar-refractivity contribution in [3.05, 3.63) is 41.0 Å². The van der Waals surface area contributed by atoms with Gasteiger partial charge in [-0.3, -0.25) is 14.3 Å². The van der Waals surface area contributed by atoms with E-state index in [0.717, 1.165) is 65.5 Å². The highest BCUT2D eigenvalue weighted by Crippen LogP contribution is 2.34. The van der Waals surface area contributed by atoms with Gasteiger partial charge in [-0.15, -0.1) is 11.3 Å². The van der Waals surface area contributed by atoms with Crippen LogP contribution in [0.3, 0.4) is 0 Å². The van der Waals surface area contributed by atoms with Crippen molar-refractivity contribution in [2.24, 2.45) is 0 Å². The molecule has 0 atom stereocenters. The fourth-order valence-corrected chi connectivity index (χ4v) is 5.86. The van der Waals surface area contributed by atoms with Gasteiger partial charge in [-0.05, 0) is 18.2 Å². The maximum atomic E-state index is 11.8. The summed E-state index contributed by atoms with van der Waals surface area (Å²) in [5, 5.41) is 2.90. The zero-order valence-electron chi connectivity index (χ0n) is 19.2. The molecule has 0 bridgehead atoms. The van der Waals surface area contributed by atoms with Gasteiger partial charge < -0.3 is 15.0 Å². The second-order valence-electron chi connectivity index (χ2n) is 8.64. The Morgan fingerprint density at radius 2 is 1.94 bits per heavy atom. The Balaban J connectivity index is 1.47. The van der Waals surface area contributed by atoms with Gasteiger partial charge in [0, 0.05) is 44.0 Å². The second kappa shape index (κ2) is 8.94. The molecular weight excluding hydrogens is 450 g/mol. The van der Waals surface area contributed by atoms with Crippen LogP contribution in [-0.4, -0.2) is 76.3 Å². The van der Waals surface area contributed by atoms with Crippen LogP contribution in [0, 0.1) is 0 Å². The van der Waals surface area contributed by atoms with Gasteiger partial charge >= 0.3 is 0 Å². The number of anilines is 1. The number of nitrogens with one attached hydrogen (secondary N) is 1. The molecule has 0 spiro atoms. The summed E-state index contributed by atoms with van der Waals surface area (Å²) in [6, 6.07) is 10.3. The molecular formula is C24H27N7O2S. The molecule has 6 rings (SSSR count). The van der Waals surface area contributed by atoms with Crippen molar-refractivity contribution in [1.82, 2.24) is 29.7 Å². The van der Waals surface area contributed by atoms with Gasteiger partial charge in [0.1, 0.15) is 5.82 Å². The number of carbonyl (C=O) groups is 1. The average Bonchev–Trinajstić information content (AvgIpc) is 3.44. The highest BCUT2D eigenvalue weighted by atomic mass is 32.1. The van der Waals surface area contributed by atoms with Crippen LogP contribution < -0.4 is 10.2 Å². The van der Waals surface area contributed by atoms with Crippen molar-refractivity contribution in [3.8, 4) is 5.95 Å². The van der Waals surface area contributed by atoms with Crippen molar-refractivity contribution >= 4 is 44.3 Å². The number of nitrogens with zero attached hydrogens (tertiary/aromatic N) is 6. The van der Waals surface area contributed by atoms with E-state index < -0.39 is 0 Å². The lowest BCUT2D eigenvalue weighted by Crippen LogP contribution is -2.46. The molecule has 0 saturated carbocycles. The van der Waals surface area contributed by atoms with Crippen LogP contribution in [0.2, 0.25) is 0 Å². The maximum absolute atomic E-state index is 11.8. The molecule has 1 amide bonds. The van der Waals surface area contributed by atoms with Gasteiger partial charge in [-0.2, -0.15) is 4.98 Å². The number of rotatable bonds is 5. The number of imidazole rings is 1. The molecule has 0 aliphatic carbocycles. The molecule has 10 heteroatoms. The summed E-state index contributed by atoms with van der Waals surface area (Å²) in [4.78, 5) is 32.5. The predicted molar refractivity (Wildman–Crippen MR) is 133 cm³/mol. The normalized spacial score (nSPS) is 17.6. The zero-order chi connectivity index (χ0) is 23.1. The molecule has 3 aromatic heterocycles. The Hall–Kier alpha value is -3.08. The summed E-state index contributed by atoms with van der Waals surface area (Å²) >= 11 is 1.73. The molecule has 4 aromatic rings. The number of fused-ring (bicyclic) bond motifs is 2. The van der Waals surface area contributed by atoms with Crippen molar-refractivity contribution < 1.29 is 9.53 Å². The summed E-state index contributed by atoms with van der Waals surface area (Å²) in [7, 11) is 0. The Kier molecular flexibility index (Phi) is 5.64. The summed E-state index contributed by atoms with van der Waals surface area (Å²) in [5.74, 6) is 2.64. The summed E-state index contributed by atoms with van der Waals surface area (Å²) in [6.45, 7) is 7.81. The SMILES string of the molecule is CCc1nc2ccccc2n1-c1nc(N2CCOCC2)c2sc(CN3CCNC(=O)C3)cc2n1. The lowest BCUT2D eigenvalue weighted by atomic mass is 10.3. The smallest absolute Gasteiger partial charge is 0.238 e. The number of piperazine rings is 1. The third kappa shape index (κ3) is 3.91. The second-order valence-corrected chi connectivity index (χ2v) is 9.78. The van der Waals surface area contributed by atoms with Crippen molar-refractivity contribution in [2.75, 3.05) is 50.8 Å². The standard InChI is InChI=1S/C24H27N7O2S/c1-2-20-26-17-5-3-4-6-19(17)31(20)24-27-18-13-16(14-29-8-7-25-21(32)15-29)34-22(18)23(28-24)30-9-11-33-12-10-30/h3-6,13H,2,7-12,14-15H2,1H3,(H,25,32). The van der Waals surface area contributed by atoms with Crippen molar-refractivity contribution in [1.29, 1.82) is 0 Å². The largest absolute Gasteiger partial charge is 0.378 e. The van der Waals surface area contributed by atoms with Gasteiger partial charge in [0.15, 0.2) is 5.82 Å². The number of thiophene rings is 1. The number of hydrogen-bond acceptors (Lipinski definition) is 8. The zero-order valence-corrected chi connectivity index (χ0v) is 20.0. The first-order valence-corrected chi connectivity index (χ1v) is 12.6. The molecule has 0 unspecified atom stereocenters. The van der Waals surface area contributed by atoms with E-state index in [4.69, 9.17) is 19.7 Å². The Labute approximate surface area is 201 Å². The first-order chi connectivity index (χ1) is 16.7. The van der Waals surface area contributed by atoms with E-state index in [1.807, 2.05) is 18.2 Å². The molecule has 9 nitrogen and oxygen atoms in total. The Morgan fingerprint density at radius 1 is 1.09 bits per heavy atom. The number of ether oxygens (including phenoxy) is 1. The van der Waals surface area contributed by atoms with E-state index in [9.17, 15) is 4.79 Å². The lowest BCUT2D eigenvalue weighted by molar-refractivity contribution is -0.124. The topological polar surface area (TPSA) is 88.4 Å². The number of aromatic nitrogens is 4. The molecule has 1 N–H and O–H groups in total. The molecule has 34 heavy (non-hydrogen) atoms. The summed E-state index contributed by atoms with van der Waals surface area (Å²) in [6.07, 6.45) is 0.787. The number of amides is 1. The molecule has 5 heterocycles. The number of hydrogen-bond donors (Lipinski definition) is 1. The first-order valence-electron chi connectivity index (χ1n) is 11.8. The molecule has 176 valence electrons.